The molecular formula is C30H35N5O9S3. The Bertz CT molecular complexity index is 2100. The maximum Gasteiger partial charge on any atom is 0.316 e. The highest BCUT2D eigenvalue weighted by atomic mass is 32.2. The second kappa shape index (κ2) is 14.1. The molecule has 14 nitrogen and oxygen atoms in total. The van der Waals surface area contributed by atoms with Crippen LogP contribution in [-0.2, 0) is 31.3 Å². The number of nitrogens with one attached hydrogen (secondary N) is 2. The summed E-state index contributed by atoms with van der Waals surface area (Å²) in [6, 6.07) is 13.0. The van der Waals surface area contributed by atoms with E-state index < -0.39 is 42.0 Å². The molecule has 4 aromatic carbocycles. The third-order valence-corrected chi connectivity index (χ3v) is 10.5. The number of hydrogen-bond acceptors (Lipinski definition) is 11. The van der Waals surface area contributed by atoms with Crippen molar-refractivity contribution in [1.82, 2.24) is 4.31 Å². The van der Waals surface area contributed by atoms with Crippen molar-refractivity contribution < 1.29 is 40.2 Å². The lowest BCUT2D eigenvalue weighted by Crippen LogP contribution is -2.30. The number of fused-ring (bicyclic) bond motifs is 1. The Morgan fingerprint density at radius 1 is 0.894 bits per heavy atom. The average Bonchev–Trinajstić information content (AvgIpc) is 2.99. The van der Waals surface area contributed by atoms with Crippen molar-refractivity contribution >= 4 is 64.8 Å². The molecule has 0 bridgehead atoms. The first kappa shape index (κ1) is 35.4. The predicted octanol–water partition coefficient (Wildman–Crippen LogP) is 5.76. The Balaban J connectivity index is 1.80. The van der Waals surface area contributed by atoms with Crippen molar-refractivity contribution in [2.75, 3.05) is 35.9 Å². The number of aromatic hydroxyl groups is 2. The number of anilines is 2. The van der Waals surface area contributed by atoms with Gasteiger partial charge in [-0.1, -0.05) is 26.0 Å². The lowest BCUT2D eigenvalue weighted by molar-refractivity contribution is 0.397. The molecule has 0 saturated heterocycles. The minimum absolute atomic E-state index is 0.00194. The fourth-order valence-corrected chi connectivity index (χ4v) is 7.49. The van der Waals surface area contributed by atoms with Crippen molar-refractivity contribution in [3.05, 3.63) is 65.7 Å². The van der Waals surface area contributed by atoms with Crippen molar-refractivity contribution in [2.24, 2.45) is 10.2 Å². The fourth-order valence-electron chi connectivity index (χ4n) is 4.67. The molecule has 47 heavy (non-hydrogen) atoms. The smallest absolute Gasteiger partial charge is 0.316 e. The second-order valence-electron chi connectivity index (χ2n) is 10.3. The number of benzene rings is 4. The van der Waals surface area contributed by atoms with Gasteiger partial charge in [0, 0.05) is 29.9 Å². The van der Waals surface area contributed by atoms with Crippen molar-refractivity contribution in [3.63, 3.8) is 0 Å². The molecule has 0 heterocycles. The summed E-state index contributed by atoms with van der Waals surface area (Å²) in [6.45, 7) is 7.25. The number of azo groups is 1. The minimum atomic E-state index is -4.19. The SMILES string of the molecule is CCN(CC)S(=O)(=O)c1cc(N=Nc2ccc(OC)c(OS(=O)Nc3cc(C)c(C)cc3O)c2)c2c(NS(C)(=O)=O)cccc2c1O. The van der Waals surface area contributed by atoms with Crippen LogP contribution in [0.4, 0.5) is 22.7 Å². The number of sulfonamides is 2. The average molecular weight is 706 g/mol. The second-order valence-corrected chi connectivity index (χ2v) is 14.8. The van der Waals surface area contributed by atoms with E-state index in [1.165, 1.54) is 49.6 Å². The van der Waals surface area contributed by atoms with Gasteiger partial charge in [0.1, 0.15) is 16.4 Å². The van der Waals surface area contributed by atoms with Gasteiger partial charge in [0.15, 0.2) is 11.5 Å². The summed E-state index contributed by atoms with van der Waals surface area (Å²) in [6.07, 6.45) is 0.950. The number of ether oxygens (including phenoxy) is 1. The van der Waals surface area contributed by atoms with Crippen LogP contribution in [0.2, 0.25) is 0 Å². The van der Waals surface area contributed by atoms with Crippen LogP contribution in [0, 0.1) is 13.8 Å². The van der Waals surface area contributed by atoms with Gasteiger partial charge < -0.3 is 19.1 Å². The summed E-state index contributed by atoms with van der Waals surface area (Å²) in [7, 11) is -6.60. The summed E-state index contributed by atoms with van der Waals surface area (Å²) in [5.74, 6) is -0.496. The molecule has 0 aromatic heterocycles. The molecule has 1 unspecified atom stereocenters. The molecule has 0 radical (unpaired) electrons. The molecule has 4 N–H and O–H groups in total. The summed E-state index contributed by atoms with van der Waals surface area (Å²) >= 11 is -2.19. The number of nitrogens with zero attached hydrogens (tertiary/aromatic N) is 3. The molecule has 0 aliphatic heterocycles. The van der Waals surface area contributed by atoms with Crippen molar-refractivity contribution in [3.8, 4) is 23.0 Å². The van der Waals surface area contributed by atoms with Crippen LogP contribution < -0.4 is 18.4 Å². The van der Waals surface area contributed by atoms with E-state index in [1.807, 2.05) is 13.8 Å². The van der Waals surface area contributed by atoms with E-state index in [9.17, 15) is 31.3 Å². The van der Waals surface area contributed by atoms with E-state index in [0.29, 0.717) is 0 Å². The van der Waals surface area contributed by atoms with Gasteiger partial charge in [0.05, 0.1) is 36.1 Å². The Morgan fingerprint density at radius 2 is 1.57 bits per heavy atom. The van der Waals surface area contributed by atoms with Crippen LogP contribution in [0.1, 0.15) is 25.0 Å². The number of rotatable bonds is 13. The molecule has 0 spiro atoms. The Labute approximate surface area is 276 Å². The first-order valence-corrected chi connectivity index (χ1v) is 18.5. The van der Waals surface area contributed by atoms with Crippen LogP contribution in [0.15, 0.2) is 69.7 Å². The molecule has 4 aromatic rings. The van der Waals surface area contributed by atoms with Gasteiger partial charge in [-0.05, 0) is 61.4 Å². The molecule has 0 fully saturated rings. The maximum atomic E-state index is 13.5. The topological polar surface area (TPSA) is 196 Å². The highest BCUT2D eigenvalue weighted by Gasteiger charge is 2.28. The molecular weight excluding hydrogens is 671 g/mol. The van der Waals surface area contributed by atoms with Crippen LogP contribution in [0.3, 0.4) is 0 Å². The zero-order valence-electron chi connectivity index (χ0n) is 26.4. The molecule has 0 aliphatic carbocycles. The summed E-state index contributed by atoms with van der Waals surface area (Å²) in [5.41, 5.74) is 2.02. The van der Waals surface area contributed by atoms with Crippen molar-refractivity contribution in [2.45, 2.75) is 32.6 Å². The zero-order chi connectivity index (χ0) is 34.7. The Kier molecular flexibility index (Phi) is 10.6. The number of aryl methyl sites for hydroxylation is 2. The van der Waals surface area contributed by atoms with E-state index in [4.69, 9.17) is 8.92 Å². The van der Waals surface area contributed by atoms with Gasteiger partial charge >= 0.3 is 11.3 Å². The fraction of sp³-hybridized carbons (Fsp3) is 0.267. The van der Waals surface area contributed by atoms with E-state index in [0.717, 1.165) is 27.8 Å². The molecule has 1 atom stereocenters. The highest BCUT2D eigenvalue weighted by molar-refractivity contribution is 7.92. The normalized spacial score (nSPS) is 12.8. The third kappa shape index (κ3) is 7.93. The van der Waals surface area contributed by atoms with Gasteiger partial charge in [0.25, 0.3) is 0 Å². The Morgan fingerprint density at radius 3 is 2.21 bits per heavy atom. The van der Waals surface area contributed by atoms with E-state index in [1.54, 1.807) is 19.9 Å². The zero-order valence-corrected chi connectivity index (χ0v) is 28.9. The third-order valence-electron chi connectivity index (χ3n) is 7.09. The van der Waals surface area contributed by atoms with Crippen LogP contribution in [0.25, 0.3) is 10.8 Å². The first-order valence-electron chi connectivity index (χ1n) is 14.1. The standard InChI is InChI=1S/C30H35N5O9S3/c1-7-35(8-2)47(41,42)28-17-24(29-21(30(28)37)10-9-11-22(29)34-46(6,39)40)32-31-20-12-13-26(43-5)27(16-20)44-45(38)33-23-14-18(3)19(4)15-25(23)36/h9-17,33-34,36-37H,7-8H2,1-6H3. The molecule has 0 amide bonds. The first-order chi connectivity index (χ1) is 22.1. The monoisotopic (exact) mass is 705 g/mol. The maximum absolute atomic E-state index is 13.5. The van der Waals surface area contributed by atoms with Gasteiger partial charge in [-0.15, -0.1) is 5.11 Å². The van der Waals surface area contributed by atoms with Crippen LogP contribution in [-0.4, -0.2) is 62.0 Å². The predicted molar refractivity (Wildman–Crippen MR) is 181 cm³/mol. The van der Waals surface area contributed by atoms with E-state index in [-0.39, 0.29) is 63.9 Å². The van der Waals surface area contributed by atoms with Gasteiger partial charge in [-0.3, -0.25) is 9.44 Å². The number of phenolic OH excluding ortho intramolecular Hbond substituents is 2. The number of phenols is 2. The van der Waals surface area contributed by atoms with Crippen LogP contribution in [0.5, 0.6) is 23.0 Å². The molecule has 0 saturated carbocycles. The highest BCUT2D eigenvalue weighted by Crippen LogP contribution is 2.44. The molecule has 17 heteroatoms. The molecule has 0 aliphatic rings. The summed E-state index contributed by atoms with van der Waals surface area (Å²) < 4.78 is 81.2. The van der Waals surface area contributed by atoms with Gasteiger partial charge in [-0.2, -0.15) is 13.6 Å². The minimum Gasteiger partial charge on any atom is -0.506 e. The summed E-state index contributed by atoms with van der Waals surface area (Å²) in [4.78, 5) is -0.436. The largest absolute Gasteiger partial charge is 0.506 e. The number of hydrogen-bond donors (Lipinski definition) is 4. The van der Waals surface area contributed by atoms with E-state index >= 15 is 0 Å². The quantitative estimate of drug-likeness (QED) is 0.0987. The molecule has 252 valence electrons. The Hall–Kier alpha value is -4.45. The van der Waals surface area contributed by atoms with Gasteiger partial charge in [-0.25, -0.2) is 16.8 Å². The van der Waals surface area contributed by atoms with Crippen LogP contribution >= 0.6 is 0 Å². The van der Waals surface area contributed by atoms with E-state index in [2.05, 4.69) is 19.7 Å². The lowest BCUT2D eigenvalue weighted by Gasteiger charge is -2.20. The van der Waals surface area contributed by atoms with Gasteiger partial charge in [0.2, 0.25) is 20.0 Å². The number of methoxy groups -OCH3 is 1. The summed E-state index contributed by atoms with van der Waals surface area (Å²) in [5, 5.41) is 30.0. The lowest BCUT2D eigenvalue weighted by atomic mass is 10.1. The molecule has 4 rings (SSSR count). The van der Waals surface area contributed by atoms with Crippen molar-refractivity contribution in [1.29, 1.82) is 0 Å².